The number of esters is 4. The minimum absolute atomic E-state index is 0.0217. The molecule has 14 heteroatoms. The number of ether oxygens (including phenoxy) is 4. The minimum Gasteiger partial charge on any atom is -0.462 e. The first-order valence-electron chi connectivity index (χ1n) is 20.7. The molecule has 1 amide bonds. The smallest absolute Gasteiger partial charge is 0.347 e. The van der Waals surface area contributed by atoms with Crippen LogP contribution in [0.5, 0.6) is 11.5 Å². The summed E-state index contributed by atoms with van der Waals surface area (Å²) in [4.78, 5) is 71.3. The largest absolute Gasteiger partial charge is 0.462 e. The number of carbonyl (C=O) groups is 5. The molecule has 2 aliphatic rings. The van der Waals surface area contributed by atoms with E-state index in [1.54, 1.807) is 13.8 Å². The highest BCUT2D eigenvalue weighted by Crippen LogP contribution is 2.69. The fourth-order valence-corrected chi connectivity index (χ4v) is 12.1. The molecule has 0 aliphatic carbocycles. The molecule has 0 saturated carbocycles. The zero-order chi connectivity index (χ0) is 43.2. The van der Waals surface area contributed by atoms with E-state index < -0.39 is 35.7 Å². The van der Waals surface area contributed by atoms with Crippen LogP contribution in [0.2, 0.25) is 0 Å². The normalized spacial score (nSPS) is 14.7. The van der Waals surface area contributed by atoms with Crippen molar-refractivity contribution in [3.63, 3.8) is 0 Å². The van der Waals surface area contributed by atoms with E-state index in [1.165, 1.54) is 23.5 Å². The van der Waals surface area contributed by atoms with E-state index in [2.05, 4.69) is 19.2 Å². The van der Waals surface area contributed by atoms with E-state index in [1.807, 2.05) is 74.5 Å². The molecule has 2 aliphatic heterocycles. The Kier molecular flexibility index (Phi) is 18.2. The van der Waals surface area contributed by atoms with Crippen molar-refractivity contribution >= 4 is 88.1 Å². The average molecular weight is 892 g/mol. The lowest BCUT2D eigenvalue weighted by atomic mass is 9.99. The number of anilines is 1. The van der Waals surface area contributed by atoms with Gasteiger partial charge in [0.25, 0.3) is 5.91 Å². The van der Waals surface area contributed by atoms with Crippen LogP contribution in [0.3, 0.4) is 0 Å². The number of para-hydroxylation sites is 1. The van der Waals surface area contributed by atoms with Gasteiger partial charge in [-0.05, 0) is 57.2 Å². The lowest BCUT2D eigenvalue weighted by molar-refractivity contribution is -0.147. The molecule has 2 unspecified atom stereocenters. The lowest BCUT2D eigenvalue weighted by Gasteiger charge is -2.20. The number of benzene rings is 3. The van der Waals surface area contributed by atoms with Gasteiger partial charge in [0.05, 0.1) is 58.7 Å². The number of hydrogen-bond acceptors (Lipinski definition) is 13. The number of amides is 1. The Morgan fingerprint density at radius 2 is 1.02 bits per heavy atom. The van der Waals surface area contributed by atoms with E-state index in [4.69, 9.17) is 18.9 Å². The SMILES string of the molecule is CCCCCC(CC)C(=O)Oc1c2c(c(OC(=O)C(CC)CCCC)c3c1S/C(=C(/C(=O)Nc1ccccc1)c1ccccc1)S3)SC(=C(C(=O)OCC)C(=O)OCC)S2. The Labute approximate surface area is 370 Å². The molecule has 2 atom stereocenters. The molecule has 0 fully saturated rings. The second-order valence-corrected chi connectivity index (χ2v) is 18.6. The van der Waals surface area contributed by atoms with Crippen LogP contribution in [-0.4, -0.2) is 43.0 Å². The number of fused-ring (bicyclic) bond motifs is 2. The molecule has 0 aromatic heterocycles. The van der Waals surface area contributed by atoms with Gasteiger partial charge < -0.3 is 24.3 Å². The van der Waals surface area contributed by atoms with Gasteiger partial charge in [-0.1, -0.05) is 155 Å². The highest BCUT2D eigenvalue weighted by molar-refractivity contribution is 8.26. The predicted molar refractivity (Wildman–Crippen MR) is 241 cm³/mol. The summed E-state index contributed by atoms with van der Waals surface area (Å²) in [5.74, 6) is -3.28. The van der Waals surface area contributed by atoms with Crippen LogP contribution < -0.4 is 14.8 Å². The topological polar surface area (TPSA) is 134 Å². The Hall–Kier alpha value is -4.11. The number of nitrogens with one attached hydrogen (secondary N) is 1. The van der Waals surface area contributed by atoms with Crippen molar-refractivity contribution in [1.29, 1.82) is 0 Å². The number of carbonyl (C=O) groups excluding carboxylic acids is 5. The third-order valence-corrected chi connectivity index (χ3v) is 15.0. The highest BCUT2D eigenvalue weighted by atomic mass is 32.2. The van der Waals surface area contributed by atoms with Gasteiger partial charge in [0, 0.05) is 5.69 Å². The van der Waals surface area contributed by atoms with E-state index in [0.29, 0.717) is 66.3 Å². The fourth-order valence-electron chi connectivity index (χ4n) is 6.55. The van der Waals surface area contributed by atoms with Crippen molar-refractivity contribution < 1.29 is 42.9 Å². The Bertz CT molecular complexity index is 2080. The second kappa shape index (κ2) is 23.2. The van der Waals surface area contributed by atoms with E-state index >= 15 is 0 Å². The first-order chi connectivity index (χ1) is 29.1. The van der Waals surface area contributed by atoms with Gasteiger partial charge in [0.1, 0.15) is 0 Å². The molecule has 0 bridgehead atoms. The van der Waals surface area contributed by atoms with E-state index in [9.17, 15) is 24.0 Å². The van der Waals surface area contributed by atoms with Crippen LogP contribution in [0.1, 0.15) is 105 Å². The Balaban J connectivity index is 1.77. The lowest BCUT2D eigenvalue weighted by Crippen LogP contribution is -2.22. The first-order valence-corrected chi connectivity index (χ1v) is 24.0. The number of hydrogen-bond donors (Lipinski definition) is 1. The minimum atomic E-state index is -0.859. The van der Waals surface area contributed by atoms with Gasteiger partial charge >= 0.3 is 23.9 Å². The fraction of sp³-hybridized carbons (Fsp3) is 0.413. The van der Waals surface area contributed by atoms with Crippen LogP contribution in [-0.2, 0) is 33.4 Å². The second-order valence-electron chi connectivity index (χ2n) is 14.0. The summed E-state index contributed by atoms with van der Waals surface area (Å²) in [6, 6.07) is 18.5. The van der Waals surface area contributed by atoms with Crippen molar-refractivity contribution in [3.05, 3.63) is 80.3 Å². The van der Waals surface area contributed by atoms with Crippen LogP contribution in [0.25, 0.3) is 5.57 Å². The molecule has 5 rings (SSSR count). The van der Waals surface area contributed by atoms with Crippen LogP contribution in [0.4, 0.5) is 5.69 Å². The van der Waals surface area contributed by atoms with Crippen LogP contribution in [0, 0.1) is 11.8 Å². The maximum atomic E-state index is 14.3. The van der Waals surface area contributed by atoms with Crippen molar-refractivity contribution in [2.75, 3.05) is 18.5 Å². The van der Waals surface area contributed by atoms with Gasteiger partial charge in [-0.3, -0.25) is 14.4 Å². The quantitative estimate of drug-likeness (QED) is 0.0288. The molecule has 0 radical (unpaired) electrons. The summed E-state index contributed by atoms with van der Waals surface area (Å²) < 4.78 is 24.4. The summed E-state index contributed by atoms with van der Waals surface area (Å²) in [6.07, 6.45) is 6.99. The number of rotatable bonds is 20. The molecule has 0 saturated heterocycles. The van der Waals surface area contributed by atoms with Gasteiger partial charge in [0.15, 0.2) is 17.1 Å². The molecule has 320 valence electrons. The predicted octanol–water partition coefficient (Wildman–Crippen LogP) is 12.1. The molecule has 1 N–H and O–H groups in total. The third kappa shape index (κ3) is 11.4. The maximum Gasteiger partial charge on any atom is 0.347 e. The molecule has 0 spiro atoms. The molecular weight excluding hydrogens is 839 g/mol. The molecule has 3 aromatic carbocycles. The van der Waals surface area contributed by atoms with Gasteiger partial charge in [-0.2, -0.15) is 0 Å². The molecule has 3 aromatic rings. The summed E-state index contributed by atoms with van der Waals surface area (Å²) >= 11 is 4.64. The summed E-state index contributed by atoms with van der Waals surface area (Å²) in [5, 5.41) is 3.04. The summed E-state index contributed by atoms with van der Waals surface area (Å²) in [5.41, 5.74) is 1.36. The van der Waals surface area contributed by atoms with E-state index in [-0.39, 0.29) is 40.4 Å². The van der Waals surface area contributed by atoms with Crippen molar-refractivity contribution in [2.24, 2.45) is 11.8 Å². The number of unbranched alkanes of at least 4 members (excludes halogenated alkanes) is 3. The Morgan fingerprint density at radius 1 is 0.567 bits per heavy atom. The third-order valence-electron chi connectivity index (χ3n) is 9.82. The maximum absolute atomic E-state index is 14.3. The standard InChI is InChI=1S/C46H53NO9S4/c1-7-13-17-23-29(10-4)42(50)56-35-37-36(57-45(58-37)32(30-24-18-15-19-25-30)40(48)47-31-26-20-16-21-27-31)34(55-41(49)28(9-3)22-14-8-2)38-39(35)60-46(59-38)33(43(51)53-11-5)44(52)54-12-6/h15-16,18-21,24-29H,7-14,17,22-23H2,1-6H3,(H,47,48)/b45-32+. The van der Waals surface area contributed by atoms with Gasteiger partial charge in [-0.25, -0.2) is 9.59 Å². The average Bonchev–Trinajstić information content (AvgIpc) is 3.88. The highest BCUT2D eigenvalue weighted by Gasteiger charge is 2.43. The first kappa shape index (κ1) is 46.9. The van der Waals surface area contributed by atoms with Crippen molar-refractivity contribution in [1.82, 2.24) is 0 Å². The van der Waals surface area contributed by atoms with E-state index in [0.717, 1.165) is 55.6 Å². The van der Waals surface area contributed by atoms with Crippen molar-refractivity contribution in [2.45, 2.75) is 119 Å². The number of thioether (sulfide) groups is 4. The monoisotopic (exact) mass is 891 g/mol. The zero-order valence-electron chi connectivity index (χ0n) is 35.0. The zero-order valence-corrected chi connectivity index (χ0v) is 38.3. The summed E-state index contributed by atoms with van der Waals surface area (Å²) in [6.45, 7) is 11.4. The van der Waals surface area contributed by atoms with Gasteiger partial charge in [-0.15, -0.1) is 0 Å². The van der Waals surface area contributed by atoms with Gasteiger partial charge in [0.2, 0.25) is 0 Å². The molecule has 10 nitrogen and oxygen atoms in total. The molecule has 2 heterocycles. The van der Waals surface area contributed by atoms with Crippen molar-refractivity contribution in [3.8, 4) is 11.5 Å². The Morgan fingerprint density at radius 3 is 1.47 bits per heavy atom. The van der Waals surface area contributed by atoms with Crippen LogP contribution >= 0.6 is 47.0 Å². The molecule has 60 heavy (non-hydrogen) atoms. The molecular formula is C46H53NO9S4. The van der Waals surface area contributed by atoms with Crippen LogP contribution in [0.15, 0.2) is 94.3 Å². The summed E-state index contributed by atoms with van der Waals surface area (Å²) in [7, 11) is 0.